The third-order valence-corrected chi connectivity index (χ3v) is 9.74. The van der Waals surface area contributed by atoms with Crippen LogP contribution in [0.3, 0.4) is 0 Å². The first-order chi connectivity index (χ1) is 24.5. The molecule has 2 aromatic rings. The van der Waals surface area contributed by atoms with Crippen LogP contribution < -0.4 is 0 Å². The minimum absolute atomic E-state index is 0.000660. The normalized spacial score (nSPS) is 11.8. The molecule has 2 rings (SSSR count). The molecular weight excluding hydrogens is 622 g/mol. The topological polar surface area (TPSA) is 83.9 Å². The smallest absolute Gasteiger partial charge is 0.414 e. The Labute approximate surface area is 304 Å². The quantitative estimate of drug-likeness (QED) is 0.0610. The maximum Gasteiger partial charge on any atom is 0.414 e. The SMILES string of the molecule is CCCCCCCCCCCCCCCCC(=O)N(CCCCCCCCCCCCO[C@H](C(=O)c1ccccc1)c1ccccc1)C(=O)O. The summed E-state index contributed by atoms with van der Waals surface area (Å²) in [7, 11) is 0. The van der Waals surface area contributed by atoms with E-state index in [1.54, 1.807) is 0 Å². The predicted molar refractivity (Wildman–Crippen MR) is 207 cm³/mol. The van der Waals surface area contributed by atoms with E-state index in [9.17, 15) is 19.5 Å². The highest BCUT2D eigenvalue weighted by atomic mass is 16.5. The average molecular weight is 692 g/mol. The number of amides is 2. The fourth-order valence-corrected chi connectivity index (χ4v) is 6.63. The molecule has 50 heavy (non-hydrogen) atoms. The summed E-state index contributed by atoms with van der Waals surface area (Å²) in [6.45, 7) is 3.14. The lowest BCUT2D eigenvalue weighted by Crippen LogP contribution is -2.36. The standard InChI is InChI=1S/C44H69NO5/c1-2-3-4-5-6-7-8-9-10-11-14-17-20-29-36-41(46)45(44(48)49)37-30-21-18-15-12-13-16-19-22-31-38-50-43(40-34-27-24-28-35-40)42(47)39-32-25-23-26-33-39/h23-28,32-35,43H,2-22,29-31,36-38H2,1H3,(H,48,49)/t43-/m0/s1. The van der Waals surface area contributed by atoms with Gasteiger partial charge in [-0.1, -0.05) is 202 Å². The lowest BCUT2D eigenvalue weighted by Gasteiger charge is -2.17. The summed E-state index contributed by atoms with van der Waals surface area (Å²) >= 11 is 0. The molecule has 0 fully saturated rings. The lowest BCUT2D eigenvalue weighted by atomic mass is 10.00. The van der Waals surface area contributed by atoms with Gasteiger partial charge in [0.05, 0.1) is 0 Å². The van der Waals surface area contributed by atoms with Crippen LogP contribution in [0.4, 0.5) is 4.79 Å². The second-order valence-corrected chi connectivity index (χ2v) is 14.1. The number of ether oxygens (including phenoxy) is 1. The summed E-state index contributed by atoms with van der Waals surface area (Å²) in [5.41, 5.74) is 1.56. The van der Waals surface area contributed by atoms with Gasteiger partial charge in [0.15, 0.2) is 5.78 Å². The van der Waals surface area contributed by atoms with E-state index in [1.165, 1.54) is 89.9 Å². The van der Waals surface area contributed by atoms with E-state index in [2.05, 4.69) is 6.92 Å². The number of carbonyl (C=O) groups excluding carboxylic acids is 2. The van der Waals surface area contributed by atoms with Crippen molar-refractivity contribution < 1.29 is 24.2 Å². The Balaban J connectivity index is 1.43. The number of carboxylic acid groups (broad SMARTS) is 1. The van der Waals surface area contributed by atoms with Gasteiger partial charge in [0.1, 0.15) is 6.10 Å². The molecule has 0 unspecified atom stereocenters. The van der Waals surface area contributed by atoms with Gasteiger partial charge in [-0.25, -0.2) is 9.69 Å². The van der Waals surface area contributed by atoms with Crippen LogP contribution in [0, 0.1) is 0 Å². The van der Waals surface area contributed by atoms with E-state index >= 15 is 0 Å². The molecule has 0 aliphatic carbocycles. The van der Waals surface area contributed by atoms with Crippen molar-refractivity contribution >= 4 is 17.8 Å². The number of carbonyl (C=O) groups is 3. The Hall–Kier alpha value is -2.99. The lowest BCUT2D eigenvalue weighted by molar-refractivity contribution is -0.129. The minimum atomic E-state index is -1.11. The zero-order valence-electron chi connectivity index (χ0n) is 31.5. The number of ketones is 1. The van der Waals surface area contributed by atoms with E-state index < -0.39 is 12.2 Å². The Morgan fingerprint density at radius 1 is 0.560 bits per heavy atom. The van der Waals surface area contributed by atoms with Crippen LogP contribution in [0.25, 0.3) is 0 Å². The van der Waals surface area contributed by atoms with Crippen LogP contribution in [0.5, 0.6) is 0 Å². The van der Waals surface area contributed by atoms with Crippen molar-refractivity contribution in [2.45, 2.75) is 174 Å². The number of imide groups is 1. The maximum absolute atomic E-state index is 13.1. The van der Waals surface area contributed by atoms with Gasteiger partial charge < -0.3 is 9.84 Å². The van der Waals surface area contributed by atoms with Crippen LogP contribution in [0.15, 0.2) is 60.7 Å². The van der Waals surface area contributed by atoms with Gasteiger partial charge in [-0.05, 0) is 24.8 Å². The number of benzene rings is 2. The van der Waals surface area contributed by atoms with E-state index in [-0.39, 0.29) is 11.7 Å². The second kappa shape index (κ2) is 29.7. The van der Waals surface area contributed by atoms with Crippen LogP contribution >= 0.6 is 0 Å². The molecule has 0 bridgehead atoms. The van der Waals surface area contributed by atoms with E-state index in [4.69, 9.17) is 4.74 Å². The fraction of sp³-hybridized carbons (Fsp3) is 0.659. The number of hydrogen-bond acceptors (Lipinski definition) is 4. The van der Waals surface area contributed by atoms with Crippen molar-refractivity contribution in [2.24, 2.45) is 0 Å². The summed E-state index contributed by atoms with van der Waals surface area (Å²) in [6.07, 6.45) is 27.0. The summed E-state index contributed by atoms with van der Waals surface area (Å²) in [5.74, 6) is -0.237. The summed E-state index contributed by atoms with van der Waals surface area (Å²) < 4.78 is 6.12. The van der Waals surface area contributed by atoms with Crippen LogP contribution in [-0.4, -0.2) is 40.9 Å². The molecule has 6 heteroatoms. The molecule has 0 spiro atoms. The molecule has 6 nitrogen and oxygen atoms in total. The van der Waals surface area contributed by atoms with Crippen LogP contribution in [0.1, 0.15) is 189 Å². The second-order valence-electron chi connectivity index (χ2n) is 14.1. The van der Waals surface area contributed by atoms with Gasteiger partial charge in [-0.3, -0.25) is 9.59 Å². The largest absolute Gasteiger partial charge is 0.465 e. The fourth-order valence-electron chi connectivity index (χ4n) is 6.63. The molecule has 0 heterocycles. The van der Waals surface area contributed by atoms with Crippen molar-refractivity contribution in [3.8, 4) is 0 Å². The van der Waals surface area contributed by atoms with Gasteiger partial charge in [-0.15, -0.1) is 0 Å². The summed E-state index contributed by atoms with van der Waals surface area (Å²) in [6, 6.07) is 19.1. The van der Waals surface area contributed by atoms with E-state index in [1.807, 2.05) is 60.7 Å². The van der Waals surface area contributed by atoms with Crippen molar-refractivity contribution in [2.75, 3.05) is 13.2 Å². The number of hydrogen-bond donors (Lipinski definition) is 1. The Kier molecular flexibility index (Phi) is 25.7. The van der Waals surface area contributed by atoms with Gasteiger partial charge in [0.25, 0.3) is 0 Å². The predicted octanol–water partition coefficient (Wildman–Crippen LogP) is 12.9. The molecule has 0 aliphatic heterocycles. The van der Waals surface area contributed by atoms with Crippen molar-refractivity contribution in [3.05, 3.63) is 71.8 Å². The van der Waals surface area contributed by atoms with Gasteiger partial charge in [-0.2, -0.15) is 0 Å². The molecule has 0 aromatic heterocycles. The first kappa shape index (κ1) is 43.2. The third kappa shape index (κ3) is 20.6. The molecule has 2 aromatic carbocycles. The number of rotatable bonds is 32. The van der Waals surface area contributed by atoms with Crippen molar-refractivity contribution in [3.63, 3.8) is 0 Å². The van der Waals surface area contributed by atoms with E-state index in [0.29, 0.717) is 25.1 Å². The molecule has 0 saturated heterocycles. The van der Waals surface area contributed by atoms with E-state index in [0.717, 1.165) is 74.7 Å². The third-order valence-electron chi connectivity index (χ3n) is 9.74. The summed E-state index contributed by atoms with van der Waals surface area (Å²) in [4.78, 5) is 38.4. The molecule has 280 valence electrons. The van der Waals surface area contributed by atoms with Crippen molar-refractivity contribution in [1.82, 2.24) is 4.90 Å². The molecule has 1 N–H and O–H groups in total. The highest BCUT2D eigenvalue weighted by Gasteiger charge is 2.22. The Bertz CT molecular complexity index is 1120. The number of nitrogens with zero attached hydrogens (tertiary/aromatic N) is 1. The Morgan fingerprint density at radius 2 is 0.980 bits per heavy atom. The zero-order valence-corrected chi connectivity index (χ0v) is 31.5. The summed E-state index contributed by atoms with van der Waals surface area (Å²) in [5, 5.41) is 9.57. The first-order valence-corrected chi connectivity index (χ1v) is 20.3. The first-order valence-electron chi connectivity index (χ1n) is 20.3. The maximum atomic E-state index is 13.1. The molecular formula is C44H69NO5. The number of Topliss-reactive ketones (excluding diaryl/α,β-unsaturated/α-hetero) is 1. The number of unbranched alkanes of at least 4 members (excludes halogenated alkanes) is 22. The van der Waals surface area contributed by atoms with Crippen LogP contribution in [-0.2, 0) is 9.53 Å². The molecule has 0 saturated carbocycles. The monoisotopic (exact) mass is 692 g/mol. The zero-order chi connectivity index (χ0) is 35.9. The van der Waals surface area contributed by atoms with Gasteiger partial charge in [0.2, 0.25) is 5.91 Å². The van der Waals surface area contributed by atoms with Gasteiger partial charge in [0, 0.05) is 25.1 Å². The average Bonchev–Trinajstić information content (AvgIpc) is 3.13. The van der Waals surface area contributed by atoms with Crippen LogP contribution in [0.2, 0.25) is 0 Å². The minimum Gasteiger partial charge on any atom is -0.465 e. The molecule has 0 aliphatic rings. The van der Waals surface area contributed by atoms with Crippen molar-refractivity contribution in [1.29, 1.82) is 0 Å². The molecule has 0 radical (unpaired) electrons. The van der Waals surface area contributed by atoms with Gasteiger partial charge >= 0.3 is 6.09 Å². The molecule has 2 amide bonds. The highest BCUT2D eigenvalue weighted by Crippen LogP contribution is 2.23. The highest BCUT2D eigenvalue weighted by molar-refractivity contribution is 6.00. The Morgan fingerprint density at radius 3 is 1.46 bits per heavy atom. The molecule has 1 atom stereocenters.